The molecule has 0 aromatic carbocycles. The fourth-order valence-electron chi connectivity index (χ4n) is 1.85. The number of rotatable bonds is 4. The molecular weight excluding hydrogens is 457 g/mol. The van der Waals surface area contributed by atoms with Crippen LogP contribution in [-0.2, 0) is 6.54 Å². The number of nitrogens with zero attached hydrogens (tertiary/aromatic N) is 1. The lowest BCUT2D eigenvalue weighted by molar-refractivity contribution is 0.727. The van der Waals surface area contributed by atoms with Crippen LogP contribution in [0.5, 0.6) is 0 Å². The van der Waals surface area contributed by atoms with Crippen LogP contribution in [0.4, 0.5) is 0 Å². The van der Waals surface area contributed by atoms with Crippen molar-refractivity contribution in [2.24, 2.45) is 4.99 Å². The maximum atomic E-state index is 4.25. The van der Waals surface area contributed by atoms with Gasteiger partial charge in [0.05, 0.1) is 10.3 Å². The van der Waals surface area contributed by atoms with Gasteiger partial charge < -0.3 is 10.6 Å². The molecule has 3 nitrogen and oxygen atoms in total. The fourth-order valence-corrected chi connectivity index (χ4v) is 4.48. The zero-order chi connectivity index (χ0) is 12.8. The Morgan fingerprint density at radius 2 is 2.32 bits per heavy atom. The normalized spacial score (nSPS) is 19.1. The van der Waals surface area contributed by atoms with Crippen molar-refractivity contribution in [1.29, 1.82) is 0 Å². The van der Waals surface area contributed by atoms with E-state index in [0.29, 0.717) is 0 Å². The highest BCUT2D eigenvalue weighted by atomic mass is 127. The van der Waals surface area contributed by atoms with Gasteiger partial charge in [0.25, 0.3) is 0 Å². The molecule has 0 radical (unpaired) electrons. The molecule has 0 spiro atoms. The third-order valence-electron chi connectivity index (χ3n) is 2.80. The Balaban J connectivity index is 0.00000180. The number of halogens is 2. The van der Waals surface area contributed by atoms with Crippen LogP contribution in [0, 0.1) is 0 Å². The van der Waals surface area contributed by atoms with Gasteiger partial charge in [-0.3, -0.25) is 4.99 Å². The number of hydrogen-bond acceptors (Lipinski definition) is 3. The molecule has 7 heteroatoms. The first-order valence-corrected chi connectivity index (χ1v) is 8.74. The van der Waals surface area contributed by atoms with E-state index >= 15 is 0 Å². The summed E-state index contributed by atoms with van der Waals surface area (Å²) >= 11 is 7.29. The standard InChI is InChI=1S/C12H18BrN3S2.HI/c1-14-12(15-7-9-3-2-6-17-9)16-8-10-4-5-11(13)18-10;/h4-5,9H,2-3,6-8H2,1H3,(H2,14,15,16);1H. The van der Waals surface area contributed by atoms with Crippen LogP contribution in [0.25, 0.3) is 0 Å². The first kappa shape index (κ1) is 17.6. The highest BCUT2D eigenvalue weighted by Gasteiger charge is 2.15. The van der Waals surface area contributed by atoms with Gasteiger partial charge in [-0.1, -0.05) is 0 Å². The molecule has 0 aliphatic carbocycles. The van der Waals surface area contributed by atoms with E-state index in [9.17, 15) is 0 Å². The molecule has 1 fully saturated rings. The minimum absolute atomic E-state index is 0. The molecule has 19 heavy (non-hydrogen) atoms. The molecule has 1 aromatic heterocycles. The number of guanidine groups is 1. The maximum Gasteiger partial charge on any atom is 0.191 e. The van der Waals surface area contributed by atoms with Crippen molar-refractivity contribution >= 4 is 69.0 Å². The summed E-state index contributed by atoms with van der Waals surface area (Å²) in [6.07, 6.45) is 2.68. The second kappa shape index (κ2) is 9.46. The first-order chi connectivity index (χ1) is 8.78. The van der Waals surface area contributed by atoms with E-state index in [1.54, 1.807) is 11.3 Å². The van der Waals surface area contributed by atoms with E-state index in [-0.39, 0.29) is 24.0 Å². The predicted molar refractivity (Wildman–Crippen MR) is 101 cm³/mol. The molecule has 0 amide bonds. The molecule has 108 valence electrons. The molecule has 2 rings (SSSR count). The number of nitrogens with one attached hydrogen (secondary N) is 2. The lowest BCUT2D eigenvalue weighted by Crippen LogP contribution is -2.39. The minimum atomic E-state index is 0. The fraction of sp³-hybridized carbons (Fsp3) is 0.583. The molecule has 0 saturated carbocycles. The van der Waals surface area contributed by atoms with Crippen molar-refractivity contribution in [3.05, 3.63) is 20.8 Å². The van der Waals surface area contributed by atoms with E-state index in [1.807, 2.05) is 7.05 Å². The highest BCUT2D eigenvalue weighted by molar-refractivity contribution is 14.0. The van der Waals surface area contributed by atoms with E-state index in [2.05, 4.69) is 55.5 Å². The van der Waals surface area contributed by atoms with Gasteiger partial charge in [0.2, 0.25) is 0 Å². The molecule has 1 atom stereocenters. The van der Waals surface area contributed by atoms with Crippen LogP contribution in [0.3, 0.4) is 0 Å². The molecule has 1 unspecified atom stereocenters. The average Bonchev–Trinajstić information content (AvgIpc) is 3.01. The Labute approximate surface area is 148 Å². The SMILES string of the molecule is CN=C(NCc1ccc(Br)s1)NCC1CCCS1.I. The van der Waals surface area contributed by atoms with Crippen LogP contribution >= 0.6 is 63.0 Å². The third kappa shape index (κ3) is 6.22. The quantitative estimate of drug-likeness (QED) is 0.396. The molecule has 2 N–H and O–H groups in total. The Kier molecular flexibility index (Phi) is 8.76. The van der Waals surface area contributed by atoms with Gasteiger partial charge in [-0.2, -0.15) is 11.8 Å². The smallest absolute Gasteiger partial charge is 0.191 e. The van der Waals surface area contributed by atoms with E-state index in [0.717, 1.165) is 24.3 Å². The second-order valence-corrected chi connectivity index (χ2v) is 8.10. The molecule has 1 aromatic rings. The predicted octanol–water partition coefficient (Wildman–Crippen LogP) is 3.69. The Hall–Kier alpha value is 0.530. The van der Waals surface area contributed by atoms with Crippen LogP contribution in [-0.4, -0.2) is 30.6 Å². The summed E-state index contributed by atoms with van der Waals surface area (Å²) in [5.41, 5.74) is 0. The van der Waals surface area contributed by atoms with Gasteiger partial charge in [-0.05, 0) is 46.7 Å². The molecule has 1 aliphatic rings. The van der Waals surface area contributed by atoms with Crippen molar-refractivity contribution in [3.8, 4) is 0 Å². The van der Waals surface area contributed by atoms with Crippen molar-refractivity contribution in [2.75, 3.05) is 19.3 Å². The third-order valence-corrected chi connectivity index (χ3v) is 5.83. The van der Waals surface area contributed by atoms with Crippen molar-refractivity contribution in [2.45, 2.75) is 24.6 Å². The van der Waals surface area contributed by atoms with Crippen LogP contribution in [0.1, 0.15) is 17.7 Å². The van der Waals surface area contributed by atoms with Gasteiger partial charge in [0, 0.05) is 23.7 Å². The van der Waals surface area contributed by atoms with Gasteiger partial charge in [-0.25, -0.2) is 0 Å². The summed E-state index contributed by atoms with van der Waals surface area (Å²) in [6.45, 7) is 1.84. The number of thioether (sulfide) groups is 1. The molecule has 0 bridgehead atoms. The Morgan fingerprint density at radius 3 is 2.89 bits per heavy atom. The largest absolute Gasteiger partial charge is 0.355 e. The number of thiophene rings is 1. The van der Waals surface area contributed by atoms with Gasteiger partial charge in [-0.15, -0.1) is 35.3 Å². The van der Waals surface area contributed by atoms with Crippen LogP contribution in [0.15, 0.2) is 20.9 Å². The Bertz CT molecular complexity index is 405. The number of aliphatic imine (C=N–C) groups is 1. The molecule has 1 saturated heterocycles. The molecule has 2 heterocycles. The second-order valence-electron chi connectivity index (χ2n) is 4.15. The summed E-state index contributed by atoms with van der Waals surface area (Å²) in [5, 5.41) is 7.49. The summed E-state index contributed by atoms with van der Waals surface area (Å²) in [7, 11) is 1.82. The molecule has 1 aliphatic heterocycles. The summed E-state index contributed by atoms with van der Waals surface area (Å²) in [4.78, 5) is 5.55. The lowest BCUT2D eigenvalue weighted by Gasteiger charge is -2.14. The van der Waals surface area contributed by atoms with Crippen LogP contribution < -0.4 is 10.6 Å². The highest BCUT2D eigenvalue weighted by Crippen LogP contribution is 2.25. The monoisotopic (exact) mass is 475 g/mol. The van der Waals surface area contributed by atoms with Gasteiger partial charge in [0.1, 0.15) is 0 Å². The summed E-state index contributed by atoms with van der Waals surface area (Å²) in [6, 6.07) is 4.20. The van der Waals surface area contributed by atoms with Crippen LogP contribution in [0.2, 0.25) is 0 Å². The van der Waals surface area contributed by atoms with Crippen molar-refractivity contribution in [1.82, 2.24) is 10.6 Å². The van der Waals surface area contributed by atoms with Gasteiger partial charge in [0.15, 0.2) is 5.96 Å². The topological polar surface area (TPSA) is 36.4 Å². The molecular formula is C12H19BrIN3S2. The number of hydrogen-bond donors (Lipinski definition) is 2. The van der Waals surface area contributed by atoms with Crippen molar-refractivity contribution < 1.29 is 0 Å². The Morgan fingerprint density at radius 1 is 1.47 bits per heavy atom. The average molecular weight is 476 g/mol. The first-order valence-electron chi connectivity index (χ1n) is 6.08. The zero-order valence-electron chi connectivity index (χ0n) is 10.8. The van der Waals surface area contributed by atoms with Gasteiger partial charge >= 0.3 is 0 Å². The summed E-state index contributed by atoms with van der Waals surface area (Å²) in [5.74, 6) is 2.20. The van der Waals surface area contributed by atoms with E-state index in [4.69, 9.17) is 0 Å². The lowest BCUT2D eigenvalue weighted by atomic mass is 10.2. The summed E-state index contributed by atoms with van der Waals surface area (Å²) < 4.78 is 1.17. The van der Waals surface area contributed by atoms with Crippen molar-refractivity contribution in [3.63, 3.8) is 0 Å². The zero-order valence-corrected chi connectivity index (χ0v) is 16.4. The maximum absolute atomic E-state index is 4.25. The minimum Gasteiger partial charge on any atom is -0.355 e. The van der Waals surface area contributed by atoms with E-state index < -0.39 is 0 Å². The van der Waals surface area contributed by atoms with E-state index in [1.165, 1.54) is 27.3 Å².